The summed E-state index contributed by atoms with van der Waals surface area (Å²) < 4.78 is 0. The van der Waals surface area contributed by atoms with E-state index in [2.05, 4.69) is 25.3 Å². The number of aromatic nitrogens is 4. The van der Waals surface area contributed by atoms with Crippen LogP contribution in [0.25, 0.3) is 0 Å². The third-order valence-corrected chi connectivity index (χ3v) is 2.13. The summed E-state index contributed by atoms with van der Waals surface area (Å²) in [5.41, 5.74) is 0. The number of nitrogens with one attached hydrogen (secondary N) is 2. The fourth-order valence-electron chi connectivity index (χ4n) is 1.22. The van der Waals surface area contributed by atoms with E-state index in [9.17, 15) is 0 Å². The lowest BCUT2D eigenvalue weighted by molar-refractivity contribution is 0.802. The lowest BCUT2D eigenvalue weighted by Crippen LogP contribution is -2.09. The second kappa shape index (κ2) is 4.27. The summed E-state index contributed by atoms with van der Waals surface area (Å²) in [5.74, 6) is 1.53. The van der Waals surface area contributed by atoms with Gasteiger partial charge < -0.3 is 10.3 Å². The maximum absolute atomic E-state index is 5.74. The SMILES string of the molecule is CC(Nc1cc(Cl)ncn1)c1ncc[nH]1. The van der Waals surface area contributed by atoms with Gasteiger partial charge in [0.1, 0.15) is 23.1 Å². The number of rotatable bonds is 3. The van der Waals surface area contributed by atoms with Crippen molar-refractivity contribution in [2.24, 2.45) is 0 Å². The number of anilines is 1. The summed E-state index contributed by atoms with van der Waals surface area (Å²) >= 11 is 5.74. The third-order valence-electron chi connectivity index (χ3n) is 1.93. The van der Waals surface area contributed by atoms with Crippen LogP contribution in [0.1, 0.15) is 18.8 Å². The summed E-state index contributed by atoms with van der Waals surface area (Å²) in [6, 6.07) is 1.71. The van der Waals surface area contributed by atoms with Crippen LogP contribution in [0.2, 0.25) is 5.15 Å². The highest BCUT2D eigenvalue weighted by atomic mass is 35.5. The maximum atomic E-state index is 5.74. The van der Waals surface area contributed by atoms with Crippen molar-refractivity contribution in [3.05, 3.63) is 35.8 Å². The fraction of sp³-hybridized carbons (Fsp3) is 0.222. The molecule has 2 heterocycles. The molecule has 1 unspecified atom stereocenters. The molecule has 0 aromatic carbocycles. The second-order valence-electron chi connectivity index (χ2n) is 3.07. The van der Waals surface area contributed by atoms with Crippen molar-refractivity contribution in [3.63, 3.8) is 0 Å². The quantitative estimate of drug-likeness (QED) is 0.782. The zero-order chi connectivity index (χ0) is 10.7. The zero-order valence-electron chi connectivity index (χ0n) is 8.11. The molecule has 0 aliphatic rings. The number of imidazole rings is 1. The van der Waals surface area contributed by atoms with Crippen molar-refractivity contribution in [1.29, 1.82) is 0 Å². The lowest BCUT2D eigenvalue weighted by atomic mass is 10.3. The molecule has 0 aliphatic heterocycles. The van der Waals surface area contributed by atoms with Crippen LogP contribution >= 0.6 is 11.6 Å². The smallest absolute Gasteiger partial charge is 0.134 e. The standard InChI is InChI=1S/C9H10ClN5/c1-6(9-11-2-3-12-9)15-8-4-7(10)13-5-14-8/h2-6H,1H3,(H,11,12)(H,13,14,15). The molecule has 6 heteroatoms. The molecule has 2 N–H and O–H groups in total. The van der Waals surface area contributed by atoms with Crippen LogP contribution in [0, 0.1) is 0 Å². The van der Waals surface area contributed by atoms with Crippen LogP contribution in [0.5, 0.6) is 0 Å². The molecule has 78 valence electrons. The van der Waals surface area contributed by atoms with Crippen molar-refractivity contribution in [2.45, 2.75) is 13.0 Å². The van der Waals surface area contributed by atoms with E-state index in [-0.39, 0.29) is 6.04 Å². The Hall–Kier alpha value is -1.62. The van der Waals surface area contributed by atoms with Gasteiger partial charge in [-0.25, -0.2) is 15.0 Å². The molecule has 0 bridgehead atoms. The largest absolute Gasteiger partial charge is 0.360 e. The number of aromatic amines is 1. The Balaban J connectivity index is 2.09. The molecule has 0 amide bonds. The highest BCUT2D eigenvalue weighted by Crippen LogP contribution is 2.15. The van der Waals surface area contributed by atoms with Gasteiger partial charge in [0.25, 0.3) is 0 Å². The van der Waals surface area contributed by atoms with Gasteiger partial charge in [-0.05, 0) is 6.92 Å². The van der Waals surface area contributed by atoms with Crippen LogP contribution in [-0.4, -0.2) is 19.9 Å². The number of hydrogen-bond acceptors (Lipinski definition) is 4. The molecule has 2 aromatic heterocycles. The van der Waals surface area contributed by atoms with Gasteiger partial charge in [-0.2, -0.15) is 0 Å². The Morgan fingerprint density at radius 3 is 2.93 bits per heavy atom. The van der Waals surface area contributed by atoms with Gasteiger partial charge in [-0.3, -0.25) is 0 Å². The molecule has 15 heavy (non-hydrogen) atoms. The Labute approximate surface area is 91.9 Å². The summed E-state index contributed by atoms with van der Waals surface area (Å²) in [4.78, 5) is 15.0. The van der Waals surface area contributed by atoms with Crippen molar-refractivity contribution in [2.75, 3.05) is 5.32 Å². The first-order chi connectivity index (χ1) is 7.25. The van der Waals surface area contributed by atoms with Crippen LogP contribution < -0.4 is 5.32 Å². The Bertz CT molecular complexity index is 428. The van der Waals surface area contributed by atoms with E-state index < -0.39 is 0 Å². The molecule has 0 aliphatic carbocycles. The van der Waals surface area contributed by atoms with Crippen molar-refractivity contribution < 1.29 is 0 Å². The van der Waals surface area contributed by atoms with Crippen LogP contribution in [0.15, 0.2) is 24.8 Å². The van der Waals surface area contributed by atoms with E-state index in [0.717, 1.165) is 5.82 Å². The summed E-state index contributed by atoms with van der Waals surface area (Å²) in [6.07, 6.45) is 4.90. The average molecular weight is 224 g/mol. The van der Waals surface area contributed by atoms with Gasteiger partial charge in [0.2, 0.25) is 0 Å². The summed E-state index contributed by atoms with van der Waals surface area (Å²) in [6.45, 7) is 1.98. The van der Waals surface area contributed by atoms with Crippen LogP contribution in [0.4, 0.5) is 5.82 Å². The minimum Gasteiger partial charge on any atom is -0.360 e. The minimum atomic E-state index is 0.0472. The molecule has 0 saturated heterocycles. The molecular weight excluding hydrogens is 214 g/mol. The van der Waals surface area contributed by atoms with E-state index in [0.29, 0.717) is 11.0 Å². The van der Waals surface area contributed by atoms with Gasteiger partial charge in [-0.15, -0.1) is 0 Å². The summed E-state index contributed by atoms with van der Waals surface area (Å²) in [5, 5.41) is 3.57. The Kier molecular flexibility index (Phi) is 2.82. The van der Waals surface area contributed by atoms with Gasteiger partial charge in [0.15, 0.2) is 0 Å². The predicted molar refractivity (Wildman–Crippen MR) is 57.7 cm³/mol. The second-order valence-corrected chi connectivity index (χ2v) is 3.45. The van der Waals surface area contributed by atoms with Crippen molar-refractivity contribution in [1.82, 2.24) is 19.9 Å². The topological polar surface area (TPSA) is 66.5 Å². The first-order valence-electron chi connectivity index (χ1n) is 4.49. The molecular formula is C9H10ClN5. The van der Waals surface area contributed by atoms with Gasteiger partial charge in [0, 0.05) is 18.5 Å². The maximum Gasteiger partial charge on any atom is 0.134 e. The molecule has 0 radical (unpaired) electrons. The van der Waals surface area contributed by atoms with E-state index in [1.54, 1.807) is 18.5 Å². The fourth-order valence-corrected chi connectivity index (χ4v) is 1.36. The van der Waals surface area contributed by atoms with Crippen LogP contribution in [-0.2, 0) is 0 Å². The molecule has 0 fully saturated rings. The molecule has 2 aromatic rings. The van der Waals surface area contributed by atoms with Crippen molar-refractivity contribution in [3.8, 4) is 0 Å². The highest BCUT2D eigenvalue weighted by molar-refractivity contribution is 6.29. The van der Waals surface area contributed by atoms with Gasteiger partial charge >= 0.3 is 0 Å². The van der Waals surface area contributed by atoms with Crippen molar-refractivity contribution >= 4 is 17.4 Å². The number of halogens is 1. The zero-order valence-corrected chi connectivity index (χ0v) is 8.86. The van der Waals surface area contributed by atoms with E-state index in [1.807, 2.05) is 6.92 Å². The highest BCUT2D eigenvalue weighted by Gasteiger charge is 2.07. The Morgan fingerprint density at radius 2 is 2.27 bits per heavy atom. The summed E-state index contributed by atoms with van der Waals surface area (Å²) in [7, 11) is 0. The third kappa shape index (κ3) is 2.44. The van der Waals surface area contributed by atoms with E-state index in [4.69, 9.17) is 11.6 Å². The first-order valence-corrected chi connectivity index (χ1v) is 4.87. The van der Waals surface area contributed by atoms with Gasteiger partial charge in [-0.1, -0.05) is 11.6 Å². The Morgan fingerprint density at radius 1 is 1.40 bits per heavy atom. The molecule has 2 rings (SSSR count). The number of nitrogens with zero attached hydrogens (tertiary/aromatic N) is 3. The van der Waals surface area contributed by atoms with E-state index in [1.165, 1.54) is 6.33 Å². The predicted octanol–water partition coefficient (Wildman–Crippen LogP) is 2.03. The van der Waals surface area contributed by atoms with Gasteiger partial charge in [0.05, 0.1) is 6.04 Å². The molecule has 5 nitrogen and oxygen atoms in total. The number of hydrogen-bond donors (Lipinski definition) is 2. The normalized spacial score (nSPS) is 12.4. The van der Waals surface area contributed by atoms with Crippen LogP contribution in [0.3, 0.4) is 0 Å². The number of H-pyrrole nitrogens is 1. The first kappa shape index (κ1) is 9.92. The minimum absolute atomic E-state index is 0.0472. The molecule has 0 spiro atoms. The lowest BCUT2D eigenvalue weighted by Gasteiger charge is -2.11. The molecule has 1 atom stereocenters. The van der Waals surface area contributed by atoms with E-state index >= 15 is 0 Å². The monoisotopic (exact) mass is 223 g/mol. The molecule has 0 saturated carbocycles. The average Bonchev–Trinajstić information content (AvgIpc) is 2.70.